The number of carbonyl (C=O) groups is 2. The lowest BCUT2D eigenvalue weighted by atomic mass is 10.3. The molecule has 0 fully saturated rings. The molecule has 1 aliphatic rings. The van der Waals surface area contributed by atoms with E-state index in [0.717, 1.165) is 4.57 Å². The second-order valence-electron chi connectivity index (χ2n) is 3.29. The molecule has 1 aromatic heterocycles. The lowest BCUT2D eigenvalue weighted by molar-refractivity contribution is -0.115. The molecule has 1 amide bonds. The van der Waals surface area contributed by atoms with Gasteiger partial charge in [-0.3, -0.25) is 19.5 Å². The Kier molecular flexibility index (Phi) is 2.54. The maximum Gasteiger partial charge on any atom is 0.361 e. The molecular formula is C9H9N3O5. The molecule has 1 aliphatic heterocycles. The number of amides is 1. The predicted molar refractivity (Wildman–Crippen MR) is 54.7 cm³/mol. The molecule has 2 rings (SSSR count). The molecule has 0 saturated carbocycles. The van der Waals surface area contributed by atoms with Gasteiger partial charge in [0.15, 0.2) is 5.69 Å². The molecule has 8 heteroatoms. The Hall–Kier alpha value is -2.38. The van der Waals surface area contributed by atoms with Gasteiger partial charge in [-0.1, -0.05) is 0 Å². The number of esters is 1. The van der Waals surface area contributed by atoms with Gasteiger partial charge in [0.25, 0.3) is 5.56 Å². The van der Waals surface area contributed by atoms with Crippen LogP contribution >= 0.6 is 0 Å². The number of nitrogens with zero attached hydrogens (tertiary/aromatic N) is 2. The van der Waals surface area contributed by atoms with Gasteiger partial charge in [-0.2, -0.15) is 0 Å². The molecule has 0 unspecified atom stereocenters. The zero-order valence-corrected chi connectivity index (χ0v) is 8.89. The Morgan fingerprint density at radius 1 is 1.59 bits per heavy atom. The van der Waals surface area contributed by atoms with Gasteiger partial charge in [-0.05, 0) is 6.92 Å². The Bertz CT molecular complexity index is 562. The van der Waals surface area contributed by atoms with Crippen molar-refractivity contribution in [1.29, 1.82) is 0 Å². The molecule has 0 saturated heterocycles. The number of hydrogen-bond acceptors (Lipinski definition) is 6. The predicted octanol–water partition coefficient (Wildman–Crippen LogP) is -0.922. The van der Waals surface area contributed by atoms with E-state index in [2.05, 4.69) is 15.0 Å². The van der Waals surface area contributed by atoms with Crippen molar-refractivity contribution in [2.24, 2.45) is 0 Å². The Balaban J connectivity index is 2.54. The molecule has 0 aliphatic carbocycles. The molecule has 0 aromatic carbocycles. The summed E-state index contributed by atoms with van der Waals surface area (Å²) in [6.45, 7) is 1.44. The Labute approximate surface area is 94.8 Å². The average Bonchev–Trinajstić information content (AvgIpc) is 2.65. The van der Waals surface area contributed by atoms with Gasteiger partial charge in [-0.25, -0.2) is 9.78 Å². The summed E-state index contributed by atoms with van der Waals surface area (Å²) >= 11 is 0. The van der Waals surface area contributed by atoms with Gasteiger partial charge in [-0.15, -0.1) is 0 Å². The number of aromatic hydroxyl groups is 1. The van der Waals surface area contributed by atoms with Crippen LogP contribution in [0.3, 0.4) is 0 Å². The van der Waals surface area contributed by atoms with E-state index in [1.54, 1.807) is 6.92 Å². The number of aromatic nitrogens is 2. The average molecular weight is 239 g/mol. The number of nitrogens with one attached hydrogen (secondary N) is 1. The van der Waals surface area contributed by atoms with Crippen LogP contribution in [-0.2, 0) is 16.1 Å². The molecule has 0 bridgehead atoms. The topological polar surface area (TPSA) is 111 Å². The van der Waals surface area contributed by atoms with Gasteiger partial charge in [0.05, 0.1) is 6.61 Å². The Morgan fingerprint density at radius 2 is 2.29 bits per heavy atom. The van der Waals surface area contributed by atoms with Crippen LogP contribution in [-0.4, -0.2) is 33.1 Å². The first-order valence-corrected chi connectivity index (χ1v) is 4.85. The van der Waals surface area contributed by atoms with E-state index < -0.39 is 28.9 Å². The van der Waals surface area contributed by atoms with E-state index in [-0.39, 0.29) is 19.1 Å². The third-order valence-electron chi connectivity index (χ3n) is 2.17. The molecule has 0 spiro atoms. The third-order valence-corrected chi connectivity index (χ3v) is 2.17. The third kappa shape index (κ3) is 1.73. The molecule has 2 heterocycles. The van der Waals surface area contributed by atoms with Crippen molar-refractivity contribution in [3.05, 3.63) is 16.0 Å². The lowest BCUT2D eigenvalue weighted by Gasteiger charge is -2.06. The van der Waals surface area contributed by atoms with Crippen molar-refractivity contribution in [2.75, 3.05) is 11.9 Å². The number of hydrogen-bond donors (Lipinski definition) is 2. The smallest absolute Gasteiger partial charge is 0.361 e. The van der Waals surface area contributed by atoms with Crippen molar-refractivity contribution < 1.29 is 19.4 Å². The minimum Gasteiger partial charge on any atom is -0.501 e. The SMILES string of the molecule is CCOC(=O)c1nc2n(c(=O)c1O)CC(=O)N2. The fraction of sp³-hybridized carbons (Fsp3) is 0.333. The standard InChI is InChI=1S/C9H9N3O5/c1-2-17-8(16)5-6(14)7(15)12-3-4(13)10-9(12)11-5/h14H,2-3H2,1H3,(H,10,11,13). The van der Waals surface area contributed by atoms with Crippen LogP contribution in [0.15, 0.2) is 4.79 Å². The highest BCUT2D eigenvalue weighted by molar-refractivity contribution is 5.95. The first kappa shape index (κ1) is 11.1. The van der Waals surface area contributed by atoms with Gasteiger partial charge in [0, 0.05) is 0 Å². The summed E-state index contributed by atoms with van der Waals surface area (Å²) in [5, 5.41) is 11.8. The van der Waals surface area contributed by atoms with Crippen molar-refractivity contribution in [3.8, 4) is 5.75 Å². The number of carbonyl (C=O) groups excluding carboxylic acids is 2. The first-order chi connectivity index (χ1) is 8.04. The fourth-order valence-electron chi connectivity index (χ4n) is 1.44. The summed E-state index contributed by atoms with van der Waals surface area (Å²) < 4.78 is 5.57. The van der Waals surface area contributed by atoms with Gasteiger partial charge in [0.1, 0.15) is 6.54 Å². The molecule has 0 radical (unpaired) electrons. The summed E-state index contributed by atoms with van der Waals surface area (Å²) in [5.41, 5.74) is -1.35. The monoisotopic (exact) mass is 239 g/mol. The molecule has 1 aromatic rings. The van der Waals surface area contributed by atoms with Crippen LogP contribution in [0.5, 0.6) is 5.75 Å². The summed E-state index contributed by atoms with van der Waals surface area (Å²) in [7, 11) is 0. The second-order valence-corrected chi connectivity index (χ2v) is 3.29. The molecule has 17 heavy (non-hydrogen) atoms. The van der Waals surface area contributed by atoms with Crippen molar-refractivity contribution in [3.63, 3.8) is 0 Å². The Morgan fingerprint density at radius 3 is 2.94 bits per heavy atom. The minimum absolute atomic E-state index is 0.0687. The van der Waals surface area contributed by atoms with E-state index in [9.17, 15) is 19.5 Å². The summed E-state index contributed by atoms with van der Waals surface area (Å²) in [4.78, 5) is 37.8. The summed E-state index contributed by atoms with van der Waals surface area (Å²) in [6.07, 6.45) is 0. The van der Waals surface area contributed by atoms with Crippen LogP contribution in [0.25, 0.3) is 0 Å². The van der Waals surface area contributed by atoms with Gasteiger partial charge < -0.3 is 9.84 Å². The second kappa shape index (κ2) is 3.89. The molecular weight excluding hydrogens is 230 g/mol. The van der Waals surface area contributed by atoms with Crippen molar-refractivity contribution in [1.82, 2.24) is 9.55 Å². The first-order valence-electron chi connectivity index (χ1n) is 4.85. The van der Waals surface area contributed by atoms with Crippen LogP contribution in [0.4, 0.5) is 5.95 Å². The largest absolute Gasteiger partial charge is 0.501 e. The quantitative estimate of drug-likeness (QED) is 0.645. The van der Waals surface area contributed by atoms with Gasteiger partial charge >= 0.3 is 5.97 Å². The zero-order valence-electron chi connectivity index (χ0n) is 8.89. The highest BCUT2D eigenvalue weighted by Gasteiger charge is 2.27. The molecule has 2 N–H and O–H groups in total. The van der Waals surface area contributed by atoms with Crippen LogP contribution < -0.4 is 10.9 Å². The molecule has 0 atom stereocenters. The lowest BCUT2D eigenvalue weighted by Crippen LogP contribution is -2.22. The van der Waals surface area contributed by atoms with Crippen LogP contribution in [0, 0.1) is 0 Å². The van der Waals surface area contributed by atoms with Crippen molar-refractivity contribution in [2.45, 2.75) is 13.5 Å². The zero-order chi connectivity index (χ0) is 12.6. The molecule has 8 nitrogen and oxygen atoms in total. The normalized spacial score (nSPS) is 13.1. The van der Waals surface area contributed by atoms with E-state index in [1.807, 2.05) is 0 Å². The van der Waals surface area contributed by atoms with E-state index in [4.69, 9.17) is 0 Å². The van der Waals surface area contributed by atoms with E-state index in [0.29, 0.717) is 0 Å². The number of ether oxygens (including phenoxy) is 1. The van der Waals surface area contributed by atoms with E-state index >= 15 is 0 Å². The highest BCUT2D eigenvalue weighted by Crippen LogP contribution is 2.16. The summed E-state index contributed by atoms with van der Waals surface area (Å²) in [6, 6.07) is 0. The highest BCUT2D eigenvalue weighted by atomic mass is 16.5. The maximum atomic E-state index is 11.6. The fourth-order valence-corrected chi connectivity index (χ4v) is 1.44. The maximum absolute atomic E-state index is 11.6. The van der Waals surface area contributed by atoms with Crippen LogP contribution in [0.1, 0.15) is 17.4 Å². The van der Waals surface area contributed by atoms with Gasteiger partial charge in [0.2, 0.25) is 17.6 Å². The van der Waals surface area contributed by atoms with Crippen LogP contribution in [0.2, 0.25) is 0 Å². The summed E-state index contributed by atoms with van der Waals surface area (Å²) in [5.74, 6) is -2.23. The minimum atomic E-state index is -0.911. The number of fused-ring (bicyclic) bond motifs is 1. The molecule has 90 valence electrons. The number of anilines is 1. The van der Waals surface area contributed by atoms with E-state index in [1.165, 1.54) is 0 Å². The number of rotatable bonds is 2. The van der Waals surface area contributed by atoms with Crippen molar-refractivity contribution >= 4 is 17.8 Å².